The van der Waals surface area contributed by atoms with E-state index >= 15 is 0 Å². The first-order chi connectivity index (χ1) is 12.2. The van der Waals surface area contributed by atoms with Crippen LogP contribution in [0.1, 0.15) is 34.2 Å². The Hall–Kier alpha value is -2.60. The highest BCUT2D eigenvalue weighted by Gasteiger charge is 2.31. The van der Waals surface area contributed by atoms with E-state index in [0.717, 1.165) is 23.7 Å². The normalized spacial score (nSPS) is 17.1. The molecule has 0 spiro atoms. The summed E-state index contributed by atoms with van der Waals surface area (Å²) in [6.07, 6.45) is 1.94. The molecular formula is C19H18N2O3S. The number of likely N-dealkylation sites (tertiary alicyclic amines) is 1. The second kappa shape index (κ2) is 6.72. The number of H-pyrrole nitrogens is 1. The highest BCUT2D eigenvalue weighted by atomic mass is 32.1. The number of amides is 1. The van der Waals surface area contributed by atoms with E-state index in [1.165, 1.54) is 4.88 Å². The third-order valence-corrected chi connectivity index (χ3v) is 5.49. The molecule has 0 bridgehead atoms. The van der Waals surface area contributed by atoms with Crippen LogP contribution in [0.25, 0.3) is 10.9 Å². The van der Waals surface area contributed by atoms with Gasteiger partial charge in [-0.05, 0) is 36.4 Å². The fourth-order valence-corrected chi connectivity index (χ4v) is 4.19. The number of carbonyl (C=O) groups is 2. The van der Waals surface area contributed by atoms with E-state index in [2.05, 4.69) is 11.1 Å². The van der Waals surface area contributed by atoms with Gasteiger partial charge >= 0.3 is 5.97 Å². The van der Waals surface area contributed by atoms with Gasteiger partial charge in [0, 0.05) is 22.3 Å². The number of aromatic nitrogens is 1. The van der Waals surface area contributed by atoms with Gasteiger partial charge in [-0.25, -0.2) is 4.79 Å². The van der Waals surface area contributed by atoms with Crippen molar-refractivity contribution in [3.05, 3.63) is 58.4 Å². The first kappa shape index (κ1) is 15.9. The van der Waals surface area contributed by atoms with Crippen LogP contribution < -0.4 is 0 Å². The van der Waals surface area contributed by atoms with Crippen LogP contribution in [0.5, 0.6) is 0 Å². The molecule has 128 valence electrons. The van der Waals surface area contributed by atoms with Gasteiger partial charge in [0.15, 0.2) is 6.61 Å². The average Bonchev–Trinajstić information content (AvgIpc) is 3.38. The number of nitrogens with one attached hydrogen (secondary N) is 1. The number of aromatic amines is 1. The summed E-state index contributed by atoms with van der Waals surface area (Å²) in [5, 5.41) is 2.96. The smallest absolute Gasteiger partial charge is 0.355 e. The van der Waals surface area contributed by atoms with Crippen LogP contribution in [0.3, 0.4) is 0 Å². The Labute approximate surface area is 149 Å². The van der Waals surface area contributed by atoms with Crippen molar-refractivity contribution >= 4 is 34.1 Å². The minimum absolute atomic E-state index is 0.110. The van der Waals surface area contributed by atoms with Crippen molar-refractivity contribution in [2.24, 2.45) is 0 Å². The lowest BCUT2D eigenvalue weighted by Gasteiger charge is -2.23. The zero-order valence-electron chi connectivity index (χ0n) is 13.6. The molecule has 1 N–H and O–H groups in total. The van der Waals surface area contributed by atoms with Gasteiger partial charge in [0.05, 0.1) is 6.04 Å². The van der Waals surface area contributed by atoms with Crippen molar-refractivity contribution in [1.29, 1.82) is 0 Å². The maximum Gasteiger partial charge on any atom is 0.355 e. The topological polar surface area (TPSA) is 62.4 Å². The van der Waals surface area contributed by atoms with Crippen LogP contribution in [0.15, 0.2) is 47.8 Å². The first-order valence-electron chi connectivity index (χ1n) is 8.30. The number of fused-ring (bicyclic) bond motifs is 1. The fraction of sp³-hybridized carbons (Fsp3) is 0.263. The van der Waals surface area contributed by atoms with Crippen molar-refractivity contribution in [1.82, 2.24) is 9.88 Å². The van der Waals surface area contributed by atoms with Gasteiger partial charge in [0.25, 0.3) is 5.91 Å². The maximum atomic E-state index is 12.5. The number of benzene rings is 1. The number of thiophene rings is 1. The number of hydrogen-bond donors (Lipinski definition) is 1. The summed E-state index contributed by atoms with van der Waals surface area (Å²) in [6, 6.07) is 13.5. The number of esters is 1. The summed E-state index contributed by atoms with van der Waals surface area (Å²) in [7, 11) is 0. The van der Waals surface area contributed by atoms with Crippen molar-refractivity contribution in [2.45, 2.75) is 18.9 Å². The molecule has 1 aliphatic heterocycles. The Morgan fingerprint density at radius 3 is 2.92 bits per heavy atom. The predicted molar refractivity (Wildman–Crippen MR) is 96.6 cm³/mol. The van der Waals surface area contributed by atoms with Gasteiger partial charge in [0.1, 0.15) is 5.69 Å². The molecule has 6 heteroatoms. The zero-order valence-corrected chi connectivity index (χ0v) is 14.4. The van der Waals surface area contributed by atoms with Gasteiger partial charge < -0.3 is 14.6 Å². The Morgan fingerprint density at radius 2 is 2.12 bits per heavy atom. The van der Waals surface area contributed by atoms with Gasteiger partial charge in [-0.1, -0.05) is 24.3 Å². The van der Waals surface area contributed by atoms with Crippen LogP contribution >= 0.6 is 11.3 Å². The first-order valence-corrected chi connectivity index (χ1v) is 9.18. The summed E-state index contributed by atoms with van der Waals surface area (Å²) in [6.45, 7) is 0.488. The molecule has 4 rings (SSSR count). The third-order valence-electron chi connectivity index (χ3n) is 4.52. The van der Waals surface area contributed by atoms with E-state index in [1.54, 1.807) is 17.4 Å². The number of rotatable bonds is 4. The van der Waals surface area contributed by atoms with Crippen molar-refractivity contribution in [2.75, 3.05) is 13.2 Å². The van der Waals surface area contributed by atoms with Crippen LogP contribution in [-0.4, -0.2) is 34.9 Å². The molecule has 0 unspecified atom stereocenters. The standard InChI is InChI=1S/C19H18N2O3S/c22-18(21-9-3-7-16(21)17-8-4-10-25-17)12-24-19(23)15-11-13-5-1-2-6-14(13)20-15/h1-2,4-6,8,10-11,16,20H,3,7,9,12H2/t16-/m1/s1. The van der Waals surface area contributed by atoms with E-state index in [4.69, 9.17) is 4.74 Å². The Morgan fingerprint density at radius 1 is 1.24 bits per heavy atom. The SMILES string of the molecule is O=C(OCC(=O)N1CCC[C@@H]1c1cccs1)c1cc2ccccc2[nH]1. The molecule has 1 aliphatic rings. The minimum Gasteiger partial charge on any atom is -0.451 e. The lowest BCUT2D eigenvalue weighted by atomic mass is 10.2. The second-order valence-corrected chi connectivity index (χ2v) is 7.09. The van der Waals surface area contributed by atoms with E-state index in [1.807, 2.05) is 40.6 Å². The quantitative estimate of drug-likeness (QED) is 0.726. The van der Waals surface area contributed by atoms with Gasteiger partial charge in [0.2, 0.25) is 0 Å². The number of para-hydroxylation sites is 1. The Balaban J connectivity index is 1.40. The number of carbonyl (C=O) groups excluding carboxylic acids is 2. The summed E-state index contributed by atoms with van der Waals surface area (Å²) in [5.74, 6) is -0.642. The van der Waals surface area contributed by atoms with E-state index in [9.17, 15) is 9.59 Å². The third kappa shape index (κ3) is 3.17. The van der Waals surface area contributed by atoms with Crippen LogP contribution in [0.4, 0.5) is 0 Å². The molecule has 1 amide bonds. The van der Waals surface area contributed by atoms with E-state index < -0.39 is 5.97 Å². The molecule has 1 fully saturated rings. The molecule has 5 nitrogen and oxygen atoms in total. The van der Waals surface area contributed by atoms with Crippen LogP contribution in [0, 0.1) is 0 Å². The summed E-state index contributed by atoms with van der Waals surface area (Å²) in [5.41, 5.74) is 1.24. The Bertz CT molecular complexity index is 867. The van der Waals surface area contributed by atoms with Crippen LogP contribution in [0.2, 0.25) is 0 Å². The molecule has 0 aliphatic carbocycles. The number of hydrogen-bond acceptors (Lipinski definition) is 4. The summed E-state index contributed by atoms with van der Waals surface area (Å²) in [4.78, 5) is 30.8. The lowest BCUT2D eigenvalue weighted by molar-refractivity contribution is -0.135. The largest absolute Gasteiger partial charge is 0.451 e. The zero-order chi connectivity index (χ0) is 17.2. The van der Waals surface area contributed by atoms with E-state index in [-0.39, 0.29) is 18.6 Å². The molecule has 0 radical (unpaired) electrons. The van der Waals surface area contributed by atoms with E-state index in [0.29, 0.717) is 12.2 Å². The Kier molecular flexibility index (Phi) is 4.28. The molecule has 3 aromatic rings. The second-order valence-electron chi connectivity index (χ2n) is 6.11. The highest BCUT2D eigenvalue weighted by Crippen LogP contribution is 2.34. The average molecular weight is 354 g/mol. The maximum absolute atomic E-state index is 12.5. The molecule has 1 atom stereocenters. The predicted octanol–water partition coefficient (Wildman–Crippen LogP) is 3.75. The molecule has 1 saturated heterocycles. The minimum atomic E-state index is -0.503. The molecular weight excluding hydrogens is 336 g/mol. The fourth-order valence-electron chi connectivity index (χ4n) is 3.31. The van der Waals surface area contributed by atoms with Crippen molar-refractivity contribution < 1.29 is 14.3 Å². The lowest BCUT2D eigenvalue weighted by Crippen LogP contribution is -2.34. The van der Waals surface area contributed by atoms with Gasteiger partial charge in [-0.2, -0.15) is 0 Å². The monoisotopic (exact) mass is 354 g/mol. The van der Waals surface area contributed by atoms with Crippen LogP contribution in [-0.2, 0) is 9.53 Å². The molecule has 2 aromatic heterocycles. The molecule has 25 heavy (non-hydrogen) atoms. The molecule has 0 saturated carbocycles. The summed E-state index contributed by atoms with van der Waals surface area (Å²) >= 11 is 1.66. The van der Waals surface area contributed by atoms with Gasteiger partial charge in [-0.15, -0.1) is 11.3 Å². The molecule has 3 heterocycles. The van der Waals surface area contributed by atoms with Crippen molar-refractivity contribution in [3.8, 4) is 0 Å². The number of nitrogens with zero attached hydrogens (tertiary/aromatic N) is 1. The highest BCUT2D eigenvalue weighted by molar-refractivity contribution is 7.10. The molecule has 1 aromatic carbocycles. The van der Waals surface area contributed by atoms with Gasteiger partial charge in [-0.3, -0.25) is 4.79 Å². The van der Waals surface area contributed by atoms with Crippen molar-refractivity contribution in [3.63, 3.8) is 0 Å². The summed E-state index contributed by atoms with van der Waals surface area (Å²) < 4.78 is 5.24. The number of ether oxygens (including phenoxy) is 1.